The summed E-state index contributed by atoms with van der Waals surface area (Å²) < 4.78 is 1.62. The Labute approximate surface area is 266 Å². The molecule has 8 heteroatoms. The molecule has 7 rings (SSSR count). The topological polar surface area (TPSA) is 105 Å². The van der Waals surface area contributed by atoms with Gasteiger partial charge in [0.25, 0.3) is 0 Å². The van der Waals surface area contributed by atoms with Crippen molar-refractivity contribution in [2.75, 3.05) is 31.5 Å². The van der Waals surface area contributed by atoms with E-state index >= 15 is 0 Å². The van der Waals surface area contributed by atoms with Crippen LogP contribution in [-0.4, -0.2) is 58.6 Å². The van der Waals surface area contributed by atoms with E-state index in [2.05, 4.69) is 47.4 Å². The molecule has 4 N–H and O–H groups in total. The number of fused-ring (bicyclic) bond motifs is 2. The number of nitrogens with one attached hydrogen (secondary N) is 2. The highest BCUT2D eigenvalue weighted by atomic mass is 16.2. The van der Waals surface area contributed by atoms with E-state index in [1.807, 2.05) is 60.8 Å². The smallest absolute Gasteiger partial charge is 0.323 e. The van der Waals surface area contributed by atoms with Crippen LogP contribution in [0.5, 0.6) is 0 Å². The number of anilines is 1. The van der Waals surface area contributed by atoms with E-state index in [0.29, 0.717) is 12.5 Å². The highest BCUT2D eigenvalue weighted by molar-refractivity contribution is 6.00. The lowest BCUT2D eigenvalue weighted by Gasteiger charge is -2.18. The first-order chi connectivity index (χ1) is 21.9. The SMILES string of the molecule is CC1NCC2=C1CCCC2.CCN(CC)CCc1cc2ccccc2n1C(N)=O.O=C1Cc2ccc(-c3cccnc3)cc2N1. The van der Waals surface area contributed by atoms with Crippen molar-refractivity contribution in [2.45, 2.75) is 65.3 Å². The van der Waals surface area contributed by atoms with Crippen molar-refractivity contribution in [3.63, 3.8) is 0 Å². The Morgan fingerprint density at radius 3 is 2.56 bits per heavy atom. The van der Waals surface area contributed by atoms with Crippen LogP contribution in [0.1, 0.15) is 57.7 Å². The third-order valence-corrected chi connectivity index (χ3v) is 9.09. The summed E-state index contributed by atoms with van der Waals surface area (Å²) in [6, 6.07) is 20.1. The lowest BCUT2D eigenvalue weighted by Crippen LogP contribution is -2.27. The van der Waals surface area contributed by atoms with Gasteiger partial charge in [-0.3, -0.25) is 14.3 Å². The number of primary amides is 1. The largest absolute Gasteiger partial charge is 0.351 e. The van der Waals surface area contributed by atoms with Gasteiger partial charge >= 0.3 is 6.03 Å². The Bertz CT molecular complexity index is 1650. The molecule has 2 amide bonds. The lowest BCUT2D eigenvalue weighted by atomic mass is 9.91. The standard InChI is InChI=1S/C15H21N3O.C13H10N2O.C9H15N/c1-3-17(4-2)10-9-13-11-12-7-5-6-8-14(12)18(13)15(16)19;16-13-7-10-4-3-9(6-12(10)15-13)11-2-1-5-14-8-11;1-7-9-5-3-2-4-8(9)6-10-7/h5-8,11H,3-4,9-10H2,1-2H3,(H2,16,19);1-6,8H,7H2,(H,15,16);7,10H,2-6H2,1H3. The fourth-order valence-electron chi connectivity index (χ4n) is 6.51. The number of amides is 2. The van der Waals surface area contributed by atoms with Gasteiger partial charge in [-0.15, -0.1) is 0 Å². The fraction of sp³-hybridized carbons (Fsp3) is 0.378. The van der Waals surface area contributed by atoms with Gasteiger partial charge in [-0.2, -0.15) is 0 Å². The highest BCUT2D eigenvalue weighted by Crippen LogP contribution is 2.30. The number of benzene rings is 2. The summed E-state index contributed by atoms with van der Waals surface area (Å²) in [6.07, 6.45) is 10.5. The third-order valence-electron chi connectivity index (χ3n) is 9.09. The second kappa shape index (κ2) is 15.1. The zero-order valence-corrected chi connectivity index (χ0v) is 26.8. The van der Waals surface area contributed by atoms with Gasteiger partial charge in [-0.25, -0.2) is 4.79 Å². The Balaban J connectivity index is 0.000000139. The van der Waals surface area contributed by atoms with Gasteiger partial charge in [-0.05, 0) is 81.1 Å². The molecule has 4 aromatic rings. The van der Waals surface area contributed by atoms with Gasteiger partial charge in [0.2, 0.25) is 5.91 Å². The van der Waals surface area contributed by atoms with Gasteiger partial charge in [0.15, 0.2) is 0 Å². The number of para-hydroxylation sites is 1. The molecule has 0 bridgehead atoms. The molecule has 4 heterocycles. The van der Waals surface area contributed by atoms with Crippen molar-refractivity contribution in [1.82, 2.24) is 19.8 Å². The van der Waals surface area contributed by atoms with E-state index in [0.717, 1.165) is 65.0 Å². The van der Waals surface area contributed by atoms with Crippen LogP contribution in [0.15, 0.2) is 84.2 Å². The predicted octanol–water partition coefficient (Wildman–Crippen LogP) is 6.54. The summed E-state index contributed by atoms with van der Waals surface area (Å²) in [6.45, 7) is 10.7. The number of hydrogen-bond donors (Lipinski definition) is 3. The van der Waals surface area contributed by atoms with Crippen molar-refractivity contribution in [2.24, 2.45) is 5.73 Å². The van der Waals surface area contributed by atoms with Gasteiger partial charge in [0.1, 0.15) is 0 Å². The summed E-state index contributed by atoms with van der Waals surface area (Å²) >= 11 is 0. The van der Waals surface area contributed by atoms with Crippen LogP contribution in [0.3, 0.4) is 0 Å². The number of pyridine rings is 1. The molecule has 1 unspecified atom stereocenters. The van der Waals surface area contributed by atoms with Crippen LogP contribution >= 0.6 is 0 Å². The van der Waals surface area contributed by atoms with Crippen LogP contribution in [0, 0.1) is 0 Å². The second-order valence-corrected chi connectivity index (χ2v) is 11.9. The summed E-state index contributed by atoms with van der Waals surface area (Å²) in [7, 11) is 0. The van der Waals surface area contributed by atoms with E-state index < -0.39 is 6.03 Å². The minimum atomic E-state index is -0.407. The Hall–Kier alpha value is -4.27. The molecule has 2 aliphatic heterocycles. The predicted molar refractivity (Wildman–Crippen MR) is 183 cm³/mol. The first-order valence-corrected chi connectivity index (χ1v) is 16.3. The number of carbonyl (C=O) groups excluding carboxylic acids is 2. The summed E-state index contributed by atoms with van der Waals surface area (Å²) in [5.41, 5.74) is 15.0. The quantitative estimate of drug-likeness (QED) is 0.216. The van der Waals surface area contributed by atoms with E-state index in [1.54, 1.807) is 21.9 Å². The summed E-state index contributed by atoms with van der Waals surface area (Å²) in [4.78, 5) is 29.3. The van der Waals surface area contributed by atoms with Crippen LogP contribution in [-0.2, 0) is 17.6 Å². The summed E-state index contributed by atoms with van der Waals surface area (Å²) in [5.74, 6) is 0.0679. The monoisotopic (exact) mass is 606 g/mol. The van der Waals surface area contributed by atoms with Gasteiger partial charge in [0, 0.05) is 60.3 Å². The molecule has 1 aliphatic carbocycles. The van der Waals surface area contributed by atoms with Gasteiger partial charge in [0.05, 0.1) is 11.9 Å². The molecule has 2 aromatic heterocycles. The van der Waals surface area contributed by atoms with Crippen LogP contribution < -0.4 is 16.4 Å². The van der Waals surface area contributed by atoms with Crippen LogP contribution in [0.25, 0.3) is 22.0 Å². The van der Waals surface area contributed by atoms with Crippen LogP contribution in [0.4, 0.5) is 10.5 Å². The maximum atomic E-state index is 11.7. The number of nitrogens with zero attached hydrogens (tertiary/aromatic N) is 3. The van der Waals surface area contributed by atoms with E-state index in [4.69, 9.17) is 5.73 Å². The average molecular weight is 607 g/mol. The molecule has 45 heavy (non-hydrogen) atoms. The lowest BCUT2D eigenvalue weighted by molar-refractivity contribution is -0.115. The number of hydrogen-bond acceptors (Lipinski definition) is 5. The van der Waals surface area contributed by atoms with Crippen molar-refractivity contribution in [3.8, 4) is 11.1 Å². The molecule has 8 nitrogen and oxygen atoms in total. The van der Waals surface area contributed by atoms with Gasteiger partial charge in [-0.1, -0.05) is 61.4 Å². The van der Waals surface area contributed by atoms with E-state index in [9.17, 15) is 9.59 Å². The fourth-order valence-corrected chi connectivity index (χ4v) is 6.51. The van der Waals surface area contributed by atoms with Crippen molar-refractivity contribution >= 4 is 28.5 Å². The molecular formula is C37H46N6O2. The van der Waals surface area contributed by atoms with Crippen molar-refractivity contribution < 1.29 is 9.59 Å². The van der Waals surface area contributed by atoms with Crippen LogP contribution in [0.2, 0.25) is 0 Å². The molecule has 0 saturated heterocycles. The van der Waals surface area contributed by atoms with E-state index in [1.165, 1.54) is 32.2 Å². The second-order valence-electron chi connectivity index (χ2n) is 11.9. The van der Waals surface area contributed by atoms with Gasteiger partial charge < -0.3 is 21.3 Å². The zero-order chi connectivity index (χ0) is 31.8. The van der Waals surface area contributed by atoms with Crippen molar-refractivity contribution in [3.05, 3.63) is 95.5 Å². The number of carbonyl (C=O) groups is 2. The number of nitrogens with two attached hydrogens (primary N) is 1. The molecule has 236 valence electrons. The number of likely N-dealkylation sites (N-methyl/N-ethyl adjacent to an activating group) is 1. The minimum Gasteiger partial charge on any atom is -0.351 e. The molecule has 0 spiro atoms. The first kappa shape index (κ1) is 32.1. The first-order valence-electron chi connectivity index (χ1n) is 16.3. The molecule has 2 aromatic carbocycles. The molecule has 0 radical (unpaired) electrons. The Kier molecular flexibility index (Phi) is 10.8. The highest BCUT2D eigenvalue weighted by Gasteiger charge is 2.22. The maximum absolute atomic E-state index is 11.7. The Morgan fingerprint density at radius 2 is 1.82 bits per heavy atom. The number of rotatable bonds is 6. The molecule has 0 fully saturated rings. The zero-order valence-electron chi connectivity index (χ0n) is 26.8. The average Bonchev–Trinajstić information content (AvgIpc) is 3.76. The third kappa shape index (κ3) is 7.88. The van der Waals surface area contributed by atoms with E-state index in [-0.39, 0.29) is 5.91 Å². The summed E-state index contributed by atoms with van der Waals surface area (Å²) in [5, 5.41) is 7.40. The number of aromatic nitrogens is 2. The normalized spacial score (nSPS) is 16.8. The maximum Gasteiger partial charge on any atom is 0.323 e. The Morgan fingerprint density at radius 1 is 1.02 bits per heavy atom. The minimum absolute atomic E-state index is 0.0679. The van der Waals surface area contributed by atoms with Crippen molar-refractivity contribution in [1.29, 1.82) is 0 Å². The molecule has 3 aliphatic rings. The molecule has 0 saturated carbocycles. The molecular weight excluding hydrogens is 560 g/mol. The molecule has 1 atom stereocenters.